The number of halogens is 7. The monoisotopic (exact) mass is 594 g/mol. The van der Waals surface area contributed by atoms with Gasteiger partial charge in [-0.25, -0.2) is 14.4 Å². The molecule has 4 rings (SSSR count). The number of aliphatic hydroxyl groups excluding tert-OH is 1. The Labute approximate surface area is 228 Å². The molecule has 1 aromatic carbocycles. The molecule has 1 fully saturated rings. The third kappa shape index (κ3) is 7.91. The molecule has 3 N–H and O–H groups in total. The van der Waals surface area contributed by atoms with E-state index in [9.17, 15) is 35.8 Å². The van der Waals surface area contributed by atoms with E-state index in [0.717, 1.165) is 23.8 Å². The van der Waals surface area contributed by atoms with Crippen molar-refractivity contribution in [3.8, 4) is 5.75 Å². The third-order valence-corrected chi connectivity index (χ3v) is 6.95. The van der Waals surface area contributed by atoms with Crippen LogP contribution in [-0.2, 0) is 6.18 Å². The van der Waals surface area contributed by atoms with Gasteiger partial charge < -0.3 is 20.5 Å². The fourth-order valence-corrected chi connectivity index (χ4v) is 5.10. The highest BCUT2D eigenvalue weighted by molar-refractivity contribution is 7.10. The lowest BCUT2D eigenvalue weighted by molar-refractivity contribution is -0.149. The van der Waals surface area contributed by atoms with Gasteiger partial charge in [0.05, 0.1) is 36.8 Å². The fourth-order valence-electron chi connectivity index (χ4n) is 4.27. The number of hydrogen-bond donors (Lipinski definition) is 3. The summed E-state index contributed by atoms with van der Waals surface area (Å²) in [7, 11) is 0. The van der Waals surface area contributed by atoms with Crippen LogP contribution in [0.15, 0.2) is 30.6 Å². The minimum atomic E-state index is -4.64. The number of likely N-dealkylation sites (tertiary alicyclic amines) is 1. The molecule has 0 spiro atoms. The second-order valence-electron chi connectivity index (χ2n) is 9.28. The Morgan fingerprint density at radius 2 is 1.95 bits per heavy atom. The standard InChI is InChI=1S/C24H25F7N6O2S/c1-13-20(22(40-36-13)35-19-9-32-18(8-33-19)24(29,30)31)21(38)34-15-4-5-16(25)17(7-15)39-11-14-3-2-6-37(10-14)12-23(26,27)28/h4-5,7-9,14,21,34,38H,2-3,6,10-12H2,1H3,(H,33,35)/t14-,21?/m1/s1. The Hall–Kier alpha value is -3.24. The van der Waals surface area contributed by atoms with Gasteiger partial charge in [-0.2, -0.15) is 30.7 Å². The highest BCUT2D eigenvalue weighted by Crippen LogP contribution is 2.35. The summed E-state index contributed by atoms with van der Waals surface area (Å²) in [6.07, 6.45) is -7.60. The molecule has 0 saturated carbocycles. The van der Waals surface area contributed by atoms with Crippen LogP contribution in [0, 0.1) is 18.7 Å². The molecule has 2 aromatic heterocycles. The van der Waals surface area contributed by atoms with Crippen molar-refractivity contribution >= 4 is 28.0 Å². The first-order valence-corrected chi connectivity index (χ1v) is 12.8. The maximum absolute atomic E-state index is 14.4. The van der Waals surface area contributed by atoms with E-state index >= 15 is 0 Å². The van der Waals surface area contributed by atoms with Crippen molar-refractivity contribution in [3.63, 3.8) is 0 Å². The summed E-state index contributed by atoms with van der Waals surface area (Å²) in [5, 5.41) is 16.8. The predicted octanol–water partition coefficient (Wildman–Crippen LogP) is 5.90. The van der Waals surface area contributed by atoms with Gasteiger partial charge in [0, 0.05) is 24.2 Å². The molecule has 1 saturated heterocycles. The normalized spacial score (nSPS) is 17.5. The van der Waals surface area contributed by atoms with Crippen LogP contribution in [0.4, 0.5) is 47.2 Å². The number of rotatable bonds is 9. The van der Waals surface area contributed by atoms with Crippen molar-refractivity contribution in [1.82, 2.24) is 19.2 Å². The maximum atomic E-state index is 14.4. The minimum absolute atomic E-state index is 0.000851. The predicted molar refractivity (Wildman–Crippen MR) is 133 cm³/mol. The van der Waals surface area contributed by atoms with Crippen LogP contribution in [0.2, 0.25) is 0 Å². The van der Waals surface area contributed by atoms with Crippen molar-refractivity contribution < 1.29 is 40.6 Å². The van der Waals surface area contributed by atoms with Crippen LogP contribution in [0.25, 0.3) is 0 Å². The molecule has 2 atom stereocenters. The molecule has 0 radical (unpaired) electrons. The molecule has 0 aliphatic carbocycles. The van der Waals surface area contributed by atoms with Gasteiger partial charge in [0.15, 0.2) is 23.5 Å². The SMILES string of the molecule is Cc1nsc(Nc2cnc(C(F)(F)F)cn2)c1C(O)Nc1ccc(F)c(OC[C@@H]2CCCN(CC(F)(F)F)C2)c1. The van der Waals surface area contributed by atoms with Gasteiger partial charge in [-0.15, -0.1) is 0 Å². The Balaban J connectivity index is 1.40. The number of benzene rings is 1. The molecule has 3 heterocycles. The molecule has 40 heavy (non-hydrogen) atoms. The van der Waals surface area contributed by atoms with Crippen LogP contribution >= 0.6 is 11.5 Å². The second kappa shape index (κ2) is 12.1. The number of aromatic nitrogens is 3. The maximum Gasteiger partial charge on any atom is 0.434 e. The zero-order chi connectivity index (χ0) is 29.1. The van der Waals surface area contributed by atoms with E-state index in [1.54, 1.807) is 6.92 Å². The van der Waals surface area contributed by atoms with Gasteiger partial charge in [-0.3, -0.25) is 4.90 Å². The number of nitrogens with one attached hydrogen (secondary N) is 2. The molecule has 0 bridgehead atoms. The van der Waals surface area contributed by atoms with E-state index in [-0.39, 0.29) is 41.9 Å². The number of aryl methyl sites for hydroxylation is 1. The molecule has 1 aliphatic heterocycles. The van der Waals surface area contributed by atoms with Gasteiger partial charge in [-0.05, 0) is 50.0 Å². The smallest absolute Gasteiger partial charge is 0.434 e. The average molecular weight is 595 g/mol. The van der Waals surface area contributed by atoms with Crippen LogP contribution in [0.1, 0.15) is 36.0 Å². The van der Waals surface area contributed by atoms with E-state index in [4.69, 9.17) is 4.74 Å². The molecular weight excluding hydrogens is 569 g/mol. The van der Waals surface area contributed by atoms with E-state index in [1.165, 1.54) is 17.0 Å². The molecule has 0 amide bonds. The molecule has 1 aliphatic rings. The molecule has 218 valence electrons. The summed E-state index contributed by atoms with van der Waals surface area (Å²) in [6.45, 7) is 1.15. The van der Waals surface area contributed by atoms with Crippen LogP contribution in [0.3, 0.4) is 0 Å². The summed E-state index contributed by atoms with van der Waals surface area (Å²) < 4.78 is 101. The van der Waals surface area contributed by atoms with Gasteiger partial charge in [-0.1, -0.05) is 0 Å². The third-order valence-electron chi connectivity index (χ3n) is 6.08. The summed E-state index contributed by atoms with van der Waals surface area (Å²) >= 11 is 0.942. The molecule has 1 unspecified atom stereocenters. The molecular formula is C24H25F7N6O2S. The summed E-state index contributed by atoms with van der Waals surface area (Å²) in [5.74, 6) is -1.03. The largest absolute Gasteiger partial charge is 0.490 e. The lowest BCUT2D eigenvalue weighted by atomic mass is 9.99. The zero-order valence-corrected chi connectivity index (χ0v) is 21.8. The van der Waals surface area contributed by atoms with Crippen LogP contribution in [-0.4, -0.2) is 56.8 Å². The van der Waals surface area contributed by atoms with Crippen molar-refractivity contribution in [3.05, 3.63) is 53.4 Å². The topological polar surface area (TPSA) is 95.4 Å². The van der Waals surface area contributed by atoms with Crippen molar-refractivity contribution in [2.24, 2.45) is 5.92 Å². The average Bonchev–Trinajstić information content (AvgIpc) is 3.23. The van der Waals surface area contributed by atoms with E-state index < -0.39 is 36.6 Å². The minimum Gasteiger partial charge on any atom is -0.490 e. The molecule has 8 nitrogen and oxygen atoms in total. The van der Waals surface area contributed by atoms with Crippen molar-refractivity contribution in [2.45, 2.75) is 38.3 Å². The highest BCUT2D eigenvalue weighted by Gasteiger charge is 2.34. The van der Waals surface area contributed by atoms with Gasteiger partial charge in [0.1, 0.15) is 10.8 Å². The van der Waals surface area contributed by atoms with Gasteiger partial charge in [0.25, 0.3) is 0 Å². The first kappa shape index (κ1) is 29.7. The Bertz CT molecular complexity index is 1290. The zero-order valence-electron chi connectivity index (χ0n) is 21.0. The van der Waals surface area contributed by atoms with E-state index in [2.05, 4.69) is 25.0 Å². The summed E-state index contributed by atoms with van der Waals surface area (Å²) in [4.78, 5) is 8.35. The summed E-state index contributed by atoms with van der Waals surface area (Å²) in [5.41, 5.74) is -0.175. The number of hydrogen-bond acceptors (Lipinski definition) is 9. The van der Waals surface area contributed by atoms with Crippen LogP contribution < -0.4 is 15.4 Å². The lowest BCUT2D eigenvalue weighted by Gasteiger charge is -2.33. The van der Waals surface area contributed by atoms with Crippen molar-refractivity contribution in [1.29, 1.82) is 0 Å². The second-order valence-corrected chi connectivity index (χ2v) is 10.1. The molecule has 3 aromatic rings. The number of alkyl halides is 6. The number of aliphatic hydroxyl groups is 1. The Kier molecular flexibility index (Phi) is 8.99. The highest BCUT2D eigenvalue weighted by atomic mass is 32.1. The Morgan fingerprint density at radius 3 is 2.62 bits per heavy atom. The molecule has 16 heteroatoms. The first-order valence-electron chi connectivity index (χ1n) is 12.1. The van der Waals surface area contributed by atoms with Crippen molar-refractivity contribution in [2.75, 3.05) is 36.9 Å². The number of nitrogens with zero attached hydrogens (tertiary/aromatic N) is 4. The number of piperidine rings is 1. The number of anilines is 3. The van der Waals surface area contributed by atoms with Crippen LogP contribution in [0.5, 0.6) is 5.75 Å². The lowest BCUT2D eigenvalue weighted by Crippen LogP contribution is -2.42. The van der Waals surface area contributed by atoms with Gasteiger partial charge in [0.2, 0.25) is 0 Å². The Morgan fingerprint density at radius 1 is 1.18 bits per heavy atom. The van der Waals surface area contributed by atoms with E-state index in [0.29, 0.717) is 36.3 Å². The fraction of sp³-hybridized carbons (Fsp3) is 0.458. The van der Waals surface area contributed by atoms with E-state index in [1.807, 2.05) is 0 Å². The summed E-state index contributed by atoms with van der Waals surface area (Å²) in [6, 6.07) is 3.80. The van der Waals surface area contributed by atoms with Gasteiger partial charge >= 0.3 is 12.4 Å². The number of ether oxygens (including phenoxy) is 1. The first-order chi connectivity index (χ1) is 18.8. The quantitative estimate of drug-likeness (QED) is 0.208.